The van der Waals surface area contributed by atoms with Crippen LogP contribution in [-0.2, 0) is 24.9 Å². The molecule has 0 N–H and O–H groups in total. The van der Waals surface area contributed by atoms with Crippen molar-refractivity contribution in [1.82, 2.24) is 24.3 Å². The van der Waals surface area contributed by atoms with Gasteiger partial charge in [-0.25, -0.2) is 4.98 Å². The quantitative estimate of drug-likeness (QED) is 0.237. The lowest BCUT2D eigenvalue weighted by Gasteiger charge is -2.16. The maximum Gasteiger partial charge on any atom is 0.144 e. The summed E-state index contributed by atoms with van der Waals surface area (Å²) in [7, 11) is 0.647. The van der Waals surface area contributed by atoms with Crippen molar-refractivity contribution in [2.45, 2.75) is 45.8 Å². The molecule has 4 aromatic rings. The van der Waals surface area contributed by atoms with Crippen LogP contribution in [0.5, 0.6) is 0 Å². The van der Waals surface area contributed by atoms with E-state index in [0.717, 1.165) is 39.6 Å². The SMILES string of the molecule is Cc1ccnc(-c2cc(Cc3nn(C)cc3Cl)nc3c2c(C#N)cn3COCC[Si](C)(C)C)c1. The summed E-state index contributed by atoms with van der Waals surface area (Å²) >= 11 is 6.38. The van der Waals surface area contributed by atoms with Gasteiger partial charge in [0.2, 0.25) is 0 Å². The van der Waals surface area contributed by atoms with E-state index in [1.165, 1.54) is 0 Å². The minimum Gasteiger partial charge on any atom is -0.361 e. The van der Waals surface area contributed by atoms with Gasteiger partial charge in [0.1, 0.15) is 18.4 Å². The molecule has 7 nitrogen and oxygen atoms in total. The van der Waals surface area contributed by atoms with Crippen molar-refractivity contribution in [2.75, 3.05) is 6.61 Å². The number of rotatable bonds is 8. The molecule has 4 heterocycles. The molecule has 176 valence electrons. The molecule has 0 fully saturated rings. The summed E-state index contributed by atoms with van der Waals surface area (Å²) in [5.41, 5.74) is 5.57. The molecule has 0 atom stereocenters. The highest BCUT2D eigenvalue weighted by atomic mass is 35.5. The summed E-state index contributed by atoms with van der Waals surface area (Å²) in [4.78, 5) is 9.53. The molecule has 34 heavy (non-hydrogen) atoms. The molecule has 0 amide bonds. The van der Waals surface area contributed by atoms with Gasteiger partial charge in [0.05, 0.1) is 22.0 Å². The van der Waals surface area contributed by atoms with Crippen LogP contribution >= 0.6 is 11.6 Å². The monoisotopic (exact) mass is 492 g/mol. The third-order valence-corrected chi connectivity index (χ3v) is 7.64. The first kappa shape index (κ1) is 24.1. The predicted molar refractivity (Wildman–Crippen MR) is 138 cm³/mol. The molecule has 0 radical (unpaired) electrons. The maximum atomic E-state index is 9.92. The molecule has 0 aliphatic carbocycles. The standard InChI is InChI=1S/C25H29ClN6OSi/c1-17-6-7-28-22(10-17)20-11-19(12-23-21(26)15-31(2)30-23)29-25-24(20)18(13-27)14-32(25)16-33-8-9-34(3,4)5/h6-7,10-11,14-15H,8-9,12,16H2,1-5H3. The van der Waals surface area contributed by atoms with Gasteiger partial charge in [-0.15, -0.1) is 0 Å². The van der Waals surface area contributed by atoms with Crippen LogP contribution in [0.15, 0.2) is 36.8 Å². The average Bonchev–Trinajstić information content (AvgIpc) is 3.28. The molecule has 0 saturated carbocycles. The number of hydrogen-bond donors (Lipinski definition) is 0. The van der Waals surface area contributed by atoms with Crippen LogP contribution in [-0.4, -0.2) is 39.0 Å². The molecule has 0 spiro atoms. The first-order valence-electron chi connectivity index (χ1n) is 11.3. The third kappa shape index (κ3) is 5.38. The number of aromatic nitrogens is 5. The van der Waals surface area contributed by atoms with Crippen molar-refractivity contribution < 1.29 is 4.74 Å². The number of fused-ring (bicyclic) bond motifs is 1. The summed E-state index contributed by atoms with van der Waals surface area (Å²) in [6, 6.07) is 9.39. The van der Waals surface area contributed by atoms with Gasteiger partial charge in [0.25, 0.3) is 0 Å². The summed E-state index contributed by atoms with van der Waals surface area (Å²) in [6.45, 7) is 10.0. The van der Waals surface area contributed by atoms with Gasteiger partial charge in [-0.05, 0) is 36.7 Å². The molecule has 4 rings (SSSR count). The van der Waals surface area contributed by atoms with E-state index < -0.39 is 8.07 Å². The molecule has 0 aromatic carbocycles. The number of halogens is 1. The van der Waals surface area contributed by atoms with E-state index in [1.807, 2.05) is 42.9 Å². The summed E-state index contributed by atoms with van der Waals surface area (Å²) in [5.74, 6) is 0. The van der Waals surface area contributed by atoms with Crippen molar-refractivity contribution in [3.05, 3.63) is 64.3 Å². The zero-order chi connectivity index (χ0) is 24.5. The number of ether oxygens (including phenoxy) is 1. The van der Waals surface area contributed by atoms with Crippen molar-refractivity contribution >= 4 is 30.7 Å². The summed E-state index contributed by atoms with van der Waals surface area (Å²) < 4.78 is 9.62. The second-order valence-electron chi connectivity index (χ2n) is 9.82. The van der Waals surface area contributed by atoms with Crippen LogP contribution in [0.3, 0.4) is 0 Å². The van der Waals surface area contributed by atoms with E-state index >= 15 is 0 Å². The molecule has 9 heteroatoms. The topological polar surface area (TPSA) is 81.5 Å². The van der Waals surface area contributed by atoms with Crippen molar-refractivity contribution in [3.8, 4) is 17.3 Å². The second kappa shape index (κ2) is 9.70. The zero-order valence-corrected chi connectivity index (χ0v) is 22.0. The molecule has 0 aliphatic heterocycles. The maximum absolute atomic E-state index is 9.92. The fraction of sp³-hybridized carbons (Fsp3) is 0.360. The molecule has 0 saturated heterocycles. The number of nitriles is 1. The van der Waals surface area contributed by atoms with Crippen LogP contribution in [0.25, 0.3) is 22.3 Å². The van der Waals surface area contributed by atoms with Gasteiger partial charge in [-0.2, -0.15) is 10.4 Å². The lowest BCUT2D eigenvalue weighted by Crippen LogP contribution is -2.22. The van der Waals surface area contributed by atoms with Crippen molar-refractivity contribution in [3.63, 3.8) is 0 Å². The highest BCUT2D eigenvalue weighted by molar-refractivity contribution is 6.76. The minimum absolute atomic E-state index is 0.337. The Hall–Kier alpha value is -2.99. The number of hydrogen-bond acceptors (Lipinski definition) is 5. The van der Waals surface area contributed by atoms with Gasteiger partial charge in [0.15, 0.2) is 0 Å². The van der Waals surface area contributed by atoms with Crippen LogP contribution in [0.1, 0.15) is 22.5 Å². The van der Waals surface area contributed by atoms with E-state index in [1.54, 1.807) is 17.1 Å². The Morgan fingerprint density at radius 3 is 2.65 bits per heavy atom. The smallest absolute Gasteiger partial charge is 0.144 e. The molecular weight excluding hydrogens is 464 g/mol. The van der Waals surface area contributed by atoms with Gasteiger partial charge in [-0.1, -0.05) is 31.2 Å². The van der Waals surface area contributed by atoms with E-state index in [9.17, 15) is 5.26 Å². The number of nitrogens with zero attached hydrogens (tertiary/aromatic N) is 6. The van der Waals surface area contributed by atoms with Gasteiger partial charge >= 0.3 is 0 Å². The molecule has 0 unspecified atom stereocenters. The fourth-order valence-electron chi connectivity index (χ4n) is 3.84. The van der Waals surface area contributed by atoms with Crippen LogP contribution in [0.4, 0.5) is 0 Å². The van der Waals surface area contributed by atoms with E-state index in [-0.39, 0.29) is 0 Å². The van der Waals surface area contributed by atoms with Crippen LogP contribution in [0, 0.1) is 18.3 Å². The Kier molecular flexibility index (Phi) is 6.89. The Bertz CT molecular complexity index is 1380. The van der Waals surface area contributed by atoms with E-state index in [0.29, 0.717) is 36.0 Å². The molecule has 4 aromatic heterocycles. The minimum atomic E-state index is -1.20. The third-order valence-electron chi connectivity index (χ3n) is 5.62. The predicted octanol–water partition coefficient (Wildman–Crippen LogP) is 5.57. The highest BCUT2D eigenvalue weighted by Crippen LogP contribution is 2.33. The van der Waals surface area contributed by atoms with Crippen molar-refractivity contribution in [2.24, 2.45) is 7.05 Å². The molecule has 0 aliphatic rings. The summed E-state index contributed by atoms with van der Waals surface area (Å²) in [5, 5.41) is 15.8. The van der Waals surface area contributed by atoms with Gasteiger partial charge < -0.3 is 9.30 Å². The van der Waals surface area contributed by atoms with Crippen molar-refractivity contribution in [1.29, 1.82) is 5.26 Å². The van der Waals surface area contributed by atoms with Gasteiger partial charge in [0, 0.05) is 63.4 Å². The Morgan fingerprint density at radius 1 is 1.21 bits per heavy atom. The summed E-state index contributed by atoms with van der Waals surface area (Å²) in [6.07, 6.45) is 5.86. The van der Waals surface area contributed by atoms with E-state index in [4.69, 9.17) is 21.3 Å². The largest absolute Gasteiger partial charge is 0.361 e. The Morgan fingerprint density at radius 2 is 2.00 bits per heavy atom. The lowest BCUT2D eigenvalue weighted by molar-refractivity contribution is 0.0898. The first-order chi connectivity index (χ1) is 16.1. The van der Waals surface area contributed by atoms with E-state index in [2.05, 4.69) is 35.8 Å². The van der Waals surface area contributed by atoms with Gasteiger partial charge in [-0.3, -0.25) is 9.67 Å². The average molecular weight is 493 g/mol. The molecule has 0 bridgehead atoms. The zero-order valence-electron chi connectivity index (χ0n) is 20.3. The number of aryl methyl sites for hydroxylation is 2. The van der Waals surface area contributed by atoms with Crippen LogP contribution < -0.4 is 0 Å². The normalized spacial score (nSPS) is 11.8. The first-order valence-corrected chi connectivity index (χ1v) is 15.3. The Balaban J connectivity index is 1.81. The fourth-order valence-corrected chi connectivity index (χ4v) is 4.84. The number of pyridine rings is 2. The molecular formula is C25H29ClN6OSi. The lowest BCUT2D eigenvalue weighted by atomic mass is 10.0. The highest BCUT2D eigenvalue weighted by Gasteiger charge is 2.20. The Labute approximate surface area is 206 Å². The van der Waals surface area contributed by atoms with Crippen LogP contribution in [0.2, 0.25) is 30.7 Å². The second-order valence-corrected chi connectivity index (χ2v) is 15.9.